The molecular formula is C8H11NO4. The van der Waals surface area contributed by atoms with E-state index in [1.165, 1.54) is 13.2 Å². The number of carbonyl (C=O) groups excluding carboxylic acids is 2. The first-order valence-corrected chi connectivity index (χ1v) is 3.93. The molecule has 1 aliphatic rings. The number of β-lactam (4-membered cyclic amide) rings is 1. The van der Waals surface area contributed by atoms with Gasteiger partial charge in [0.1, 0.15) is 12.5 Å². The molecule has 1 aliphatic heterocycles. The Morgan fingerprint density at radius 2 is 2.31 bits per heavy atom. The highest BCUT2D eigenvalue weighted by molar-refractivity contribution is 5.73. The SMILES string of the molecule is CC(=O)OC=C(C)C1CC(=O)[NH+]1[O-]. The van der Waals surface area contributed by atoms with Crippen molar-refractivity contribution in [2.24, 2.45) is 0 Å². The number of carbonyl (C=O) groups is 2. The first kappa shape index (κ1) is 9.88. The standard InChI is InChI=1S/C8H11NO4/c1-5(4-13-6(2)10)7-3-8(11)9(7)12/h4,7,9H,3H2,1-2H3. The molecule has 5 nitrogen and oxygen atoms in total. The molecule has 1 saturated heterocycles. The zero-order valence-corrected chi connectivity index (χ0v) is 7.49. The lowest BCUT2D eigenvalue weighted by Gasteiger charge is -2.37. The van der Waals surface area contributed by atoms with E-state index in [1.54, 1.807) is 6.92 Å². The molecule has 1 rings (SSSR count). The Labute approximate surface area is 75.5 Å². The molecule has 0 bridgehead atoms. The van der Waals surface area contributed by atoms with Gasteiger partial charge in [-0.25, -0.2) is 4.79 Å². The van der Waals surface area contributed by atoms with Crippen molar-refractivity contribution in [3.8, 4) is 0 Å². The van der Waals surface area contributed by atoms with Crippen molar-refractivity contribution in [2.75, 3.05) is 0 Å². The van der Waals surface area contributed by atoms with Gasteiger partial charge in [-0.2, -0.15) is 0 Å². The van der Waals surface area contributed by atoms with Crippen LogP contribution < -0.4 is 5.06 Å². The largest absolute Gasteiger partial charge is 0.626 e. The summed E-state index contributed by atoms with van der Waals surface area (Å²) in [5.41, 5.74) is 0.625. The molecule has 1 fully saturated rings. The zero-order valence-electron chi connectivity index (χ0n) is 7.49. The highest BCUT2D eigenvalue weighted by Gasteiger charge is 2.38. The fraction of sp³-hybridized carbons (Fsp3) is 0.500. The fourth-order valence-electron chi connectivity index (χ4n) is 1.07. The number of quaternary nitrogens is 1. The molecule has 5 heteroatoms. The zero-order chi connectivity index (χ0) is 10.0. The molecule has 72 valence electrons. The van der Waals surface area contributed by atoms with E-state index in [1.807, 2.05) is 0 Å². The Balaban J connectivity index is 2.49. The van der Waals surface area contributed by atoms with E-state index in [0.717, 1.165) is 0 Å². The van der Waals surface area contributed by atoms with Crippen molar-refractivity contribution in [2.45, 2.75) is 26.3 Å². The summed E-state index contributed by atoms with van der Waals surface area (Å²) in [5.74, 6) is -0.780. The molecule has 1 N–H and O–H groups in total. The lowest BCUT2D eigenvalue weighted by atomic mass is 9.99. The normalized spacial score (nSPS) is 28.2. The first-order valence-electron chi connectivity index (χ1n) is 3.93. The van der Waals surface area contributed by atoms with Crippen LogP contribution in [0.2, 0.25) is 0 Å². The van der Waals surface area contributed by atoms with Crippen LogP contribution in [0.25, 0.3) is 0 Å². The molecule has 0 aromatic heterocycles. The minimum atomic E-state index is -0.433. The maximum absolute atomic E-state index is 10.9. The van der Waals surface area contributed by atoms with Gasteiger partial charge in [-0.05, 0) is 6.92 Å². The summed E-state index contributed by atoms with van der Waals surface area (Å²) in [4.78, 5) is 21.0. The minimum Gasteiger partial charge on any atom is -0.626 e. The second kappa shape index (κ2) is 3.68. The van der Waals surface area contributed by atoms with Gasteiger partial charge in [0.25, 0.3) is 0 Å². The Morgan fingerprint density at radius 3 is 2.69 bits per heavy atom. The van der Waals surface area contributed by atoms with Crippen molar-refractivity contribution in [1.29, 1.82) is 0 Å². The maximum Gasteiger partial charge on any atom is 0.318 e. The van der Waals surface area contributed by atoms with E-state index in [4.69, 9.17) is 0 Å². The van der Waals surface area contributed by atoms with Crippen molar-refractivity contribution in [1.82, 2.24) is 0 Å². The van der Waals surface area contributed by atoms with Crippen molar-refractivity contribution < 1.29 is 19.4 Å². The average molecular weight is 185 g/mol. The van der Waals surface area contributed by atoms with Crippen LogP contribution in [-0.2, 0) is 14.3 Å². The van der Waals surface area contributed by atoms with Gasteiger partial charge in [-0.1, -0.05) is 0 Å². The van der Waals surface area contributed by atoms with Gasteiger partial charge in [0.2, 0.25) is 0 Å². The van der Waals surface area contributed by atoms with E-state index in [-0.39, 0.29) is 23.4 Å². The minimum absolute atomic E-state index is 0.239. The topological polar surface area (TPSA) is 70.9 Å². The number of hydrogen-bond acceptors (Lipinski definition) is 4. The van der Waals surface area contributed by atoms with Crippen LogP contribution in [0, 0.1) is 5.21 Å². The van der Waals surface area contributed by atoms with Gasteiger partial charge < -0.3 is 15.0 Å². The highest BCUT2D eigenvalue weighted by atomic mass is 16.5. The molecule has 0 radical (unpaired) electrons. The van der Waals surface area contributed by atoms with Crippen LogP contribution in [0.1, 0.15) is 20.3 Å². The molecule has 2 atom stereocenters. The molecule has 0 saturated carbocycles. The molecule has 0 aromatic rings. The average Bonchev–Trinajstić information content (AvgIpc) is 2.09. The van der Waals surface area contributed by atoms with Gasteiger partial charge in [0.15, 0.2) is 0 Å². The predicted octanol–water partition coefficient (Wildman–Crippen LogP) is -0.865. The Hall–Kier alpha value is -1.20. The van der Waals surface area contributed by atoms with Crippen molar-refractivity contribution >= 4 is 11.9 Å². The number of amides is 1. The van der Waals surface area contributed by atoms with E-state index in [2.05, 4.69) is 4.74 Å². The fourth-order valence-corrected chi connectivity index (χ4v) is 1.07. The molecule has 1 amide bonds. The summed E-state index contributed by atoms with van der Waals surface area (Å²) in [6, 6.07) is -0.369. The van der Waals surface area contributed by atoms with Gasteiger partial charge in [-0.15, -0.1) is 0 Å². The van der Waals surface area contributed by atoms with Gasteiger partial charge in [-0.3, -0.25) is 4.79 Å². The van der Waals surface area contributed by atoms with E-state index in [0.29, 0.717) is 5.57 Å². The van der Waals surface area contributed by atoms with Crippen LogP contribution in [0.5, 0.6) is 0 Å². The maximum atomic E-state index is 10.9. The molecule has 2 unspecified atom stereocenters. The van der Waals surface area contributed by atoms with Crippen LogP contribution in [-0.4, -0.2) is 17.9 Å². The number of ether oxygens (including phenoxy) is 1. The lowest BCUT2D eigenvalue weighted by molar-refractivity contribution is -0.820. The quantitative estimate of drug-likeness (QED) is 0.263. The van der Waals surface area contributed by atoms with Crippen LogP contribution in [0.15, 0.2) is 11.8 Å². The predicted molar refractivity (Wildman–Crippen MR) is 43.3 cm³/mol. The summed E-state index contributed by atoms with van der Waals surface area (Å²) < 4.78 is 4.58. The van der Waals surface area contributed by atoms with E-state index in [9.17, 15) is 14.8 Å². The summed E-state index contributed by atoms with van der Waals surface area (Å²) in [7, 11) is 0. The molecule has 13 heavy (non-hydrogen) atoms. The molecular weight excluding hydrogens is 174 g/mol. The summed E-state index contributed by atoms with van der Waals surface area (Å²) in [6.07, 6.45) is 1.47. The third-order valence-electron chi connectivity index (χ3n) is 1.94. The Morgan fingerprint density at radius 1 is 1.69 bits per heavy atom. The number of rotatable bonds is 2. The monoisotopic (exact) mass is 185 g/mol. The molecule has 0 aromatic carbocycles. The van der Waals surface area contributed by atoms with Crippen LogP contribution >= 0.6 is 0 Å². The summed E-state index contributed by atoms with van der Waals surface area (Å²) in [5, 5.41) is 10.5. The lowest BCUT2D eigenvalue weighted by Crippen LogP contribution is -3.20. The molecule has 0 spiro atoms. The van der Waals surface area contributed by atoms with Crippen LogP contribution in [0.4, 0.5) is 0 Å². The highest BCUT2D eigenvalue weighted by Crippen LogP contribution is 2.08. The first-order chi connectivity index (χ1) is 6.02. The third-order valence-corrected chi connectivity index (χ3v) is 1.94. The molecule has 0 aliphatic carbocycles. The van der Waals surface area contributed by atoms with Gasteiger partial charge >= 0.3 is 11.9 Å². The van der Waals surface area contributed by atoms with Crippen molar-refractivity contribution in [3.05, 3.63) is 17.0 Å². The smallest absolute Gasteiger partial charge is 0.318 e. The number of esters is 1. The van der Waals surface area contributed by atoms with Gasteiger partial charge in [0, 0.05) is 12.5 Å². The van der Waals surface area contributed by atoms with E-state index >= 15 is 0 Å². The number of nitrogens with one attached hydrogen (secondary N) is 1. The van der Waals surface area contributed by atoms with Crippen LogP contribution in [0.3, 0.4) is 0 Å². The Bertz CT molecular complexity index is 271. The van der Waals surface area contributed by atoms with E-state index < -0.39 is 5.97 Å². The van der Waals surface area contributed by atoms with Gasteiger partial charge in [0.05, 0.1) is 6.26 Å². The second-order valence-corrected chi connectivity index (χ2v) is 3.02. The molecule has 1 heterocycles. The Kier molecular flexibility index (Phi) is 2.79. The number of hydrogen-bond donors (Lipinski definition) is 1. The van der Waals surface area contributed by atoms with Crippen molar-refractivity contribution in [3.63, 3.8) is 0 Å². The second-order valence-electron chi connectivity index (χ2n) is 3.02. The number of hydroxylamine groups is 2. The summed E-state index contributed by atoms with van der Waals surface area (Å²) in [6.45, 7) is 2.94. The third kappa shape index (κ3) is 2.13. The summed E-state index contributed by atoms with van der Waals surface area (Å²) >= 11 is 0.